The summed E-state index contributed by atoms with van der Waals surface area (Å²) in [4.78, 5) is 12.1. The molecule has 0 radical (unpaired) electrons. The molecule has 0 spiro atoms. The van der Waals surface area contributed by atoms with Crippen molar-refractivity contribution in [2.45, 2.75) is 51.0 Å². The van der Waals surface area contributed by atoms with Crippen molar-refractivity contribution in [2.75, 3.05) is 19.7 Å². The van der Waals surface area contributed by atoms with Gasteiger partial charge in [0.1, 0.15) is 0 Å². The molecule has 0 aromatic carbocycles. The third-order valence-electron chi connectivity index (χ3n) is 4.58. The van der Waals surface area contributed by atoms with Crippen molar-refractivity contribution in [3.8, 4) is 0 Å². The van der Waals surface area contributed by atoms with Crippen molar-refractivity contribution >= 4 is 5.91 Å². The van der Waals surface area contributed by atoms with Crippen LogP contribution in [0.5, 0.6) is 0 Å². The predicted molar refractivity (Wildman–Crippen MR) is 71.2 cm³/mol. The van der Waals surface area contributed by atoms with E-state index in [1.807, 2.05) is 0 Å². The Balaban J connectivity index is 1.83. The summed E-state index contributed by atoms with van der Waals surface area (Å²) in [5, 5.41) is 16.0. The maximum atomic E-state index is 12.1. The molecular weight excluding hydrogens is 228 g/mol. The number of carbonyl (C=O) groups is 1. The van der Waals surface area contributed by atoms with E-state index in [9.17, 15) is 9.90 Å². The normalized spacial score (nSPS) is 36.6. The first-order valence-corrected chi connectivity index (χ1v) is 7.26. The summed E-state index contributed by atoms with van der Waals surface area (Å²) in [6.07, 6.45) is 5.73. The summed E-state index contributed by atoms with van der Waals surface area (Å²) in [6, 6.07) is 0. The highest BCUT2D eigenvalue weighted by Gasteiger charge is 2.35. The minimum atomic E-state index is -0.338. The highest BCUT2D eigenvalue weighted by atomic mass is 16.3. The van der Waals surface area contributed by atoms with E-state index in [0.717, 1.165) is 51.1 Å². The molecule has 1 atom stereocenters. The van der Waals surface area contributed by atoms with Crippen LogP contribution in [0.25, 0.3) is 0 Å². The van der Waals surface area contributed by atoms with Crippen LogP contribution in [0.15, 0.2) is 0 Å². The lowest BCUT2D eigenvalue weighted by molar-refractivity contribution is -0.125. The number of hydrogen-bond donors (Lipinski definition) is 3. The Kier molecular flexibility index (Phi) is 4.62. The van der Waals surface area contributed by atoms with E-state index in [0.29, 0.717) is 12.3 Å². The van der Waals surface area contributed by atoms with Crippen molar-refractivity contribution in [1.82, 2.24) is 10.6 Å². The molecule has 3 N–H and O–H groups in total. The van der Waals surface area contributed by atoms with Crippen LogP contribution in [0.4, 0.5) is 0 Å². The molecule has 2 aliphatic rings. The Bertz CT molecular complexity index is 280. The van der Waals surface area contributed by atoms with E-state index in [1.54, 1.807) is 0 Å². The minimum Gasteiger partial charge on any atom is -0.394 e. The second-order valence-corrected chi connectivity index (χ2v) is 6.23. The summed E-state index contributed by atoms with van der Waals surface area (Å²) in [5.74, 6) is 1.32. The molecule has 2 rings (SSSR count). The van der Waals surface area contributed by atoms with E-state index in [1.165, 1.54) is 0 Å². The smallest absolute Gasteiger partial charge is 0.220 e. The Morgan fingerprint density at radius 3 is 2.67 bits per heavy atom. The molecule has 1 saturated carbocycles. The van der Waals surface area contributed by atoms with E-state index in [-0.39, 0.29) is 18.1 Å². The average Bonchev–Trinajstić information content (AvgIpc) is 2.85. The summed E-state index contributed by atoms with van der Waals surface area (Å²) >= 11 is 0. The molecule has 1 aliphatic heterocycles. The lowest BCUT2D eigenvalue weighted by Gasteiger charge is -2.39. The first-order chi connectivity index (χ1) is 8.63. The number of carbonyl (C=O) groups excluding carboxylic acids is 1. The van der Waals surface area contributed by atoms with Gasteiger partial charge in [-0.15, -0.1) is 0 Å². The lowest BCUT2D eigenvalue weighted by Crippen LogP contribution is -2.53. The number of aliphatic hydroxyl groups is 1. The van der Waals surface area contributed by atoms with Crippen molar-refractivity contribution in [1.29, 1.82) is 0 Å². The van der Waals surface area contributed by atoms with Gasteiger partial charge < -0.3 is 15.7 Å². The molecule has 104 valence electrons. The van der Waals surface area contributed by atoms with Gasteiger partial charge in [0.15, 0.2) is 0 Å². The van der Waals surface area contributed by atoms with Gasteiger partial charge >= 0.3 is 0 Å². The molecule has 0 bridgehead atoms. The molecule has 4 nitrogen and oxygen atoms in total. The maximum Gasteiger partial charge on any atom is 0.220 e. The van der Waals surface area contributed by atoms with Gasteiger partial charge in [0.25, 0.3) is 0 Å². The molecule has 1 amide bonds. The molecule has 1 saturated heterocycles. The Morgan fingerprint density at radius 1 is 1.39 bits per heavy atom. The molecule has 1 heterocycles. The maximum absolute atomic E-state index is 12.1. The monoisotopic (exact) mass is 254 g/mol. The van der Waals surface area contributed by atoms with Gasteiger partial charge in [0.2, 0.25) is 5.91 Å². The number of amides is 1. The predicted octanol–water partition coefficient (Wildman–Crippen LogP) is 1.04. The average molecular weight is 254 g/mol. The molecule has 1 aliphatic carbocycles. The molecule has 2 fully saturated rings. The van der Waals surface area contributed by atoms with Gasteiger partial charge in [0.05, 0.1) is 12.1 Å². The second-order valence-electron chi connectivity index (χ2n) is 6.23. The summed E-state index contributed by atoms with van der Waals surface area (Å²) in [6.45, 7) is 4.30. The molecule has 1 unspecified atom stereocenters. The fourth-order valence-electron chi connectivity index (χ4n) is 3.14. The SMILES string of the molecule is CC1CCC(CO)(NC(=O)CC2CCNC2)CC1. The molecule has 18 heavy (non-hydrogen) atoms. The number of aliphatic hydroxyl groups excluding tert-OH is 1. The van der Waals surface area contributed by atoms with Crippen LogP contribution < -0.4 is 10.6 Å². The number of nitrogens with one attached hydrogen (secondary N) is 2. The Hall–Kier alpha value is -0.610. The standard InChI is InChI=1S/C14H26N2O2/c1-11-2-5-14(10-17,6-3-11)16-13(18)8-12-4-7-15-9-12/h11-12,15,17H,2-10H2,1H3,(H,16,18). The molecule has 0 aromatic rings. The molecule has 4 heteroatoms. The first kappa shape index (κ1) is 13.8. The number of rotatable bonds is 4. The minimum absolute atomic E-state index is 0.0778. The topological polar surface area (TPSA) is 61.4 Å². The van der Waals surface area contributed by atoms with Gasteiger partial charge in [-0.3, -0.25) is 4.79 Å². The van der Waals surface area contributed by atoms with Crippen molar-refractivity contribution < 1.29 is 9.90 Å². The number of hydrogen-bond acceptors (Lipinski definition) is 3. The molecule has 0 aromatic heterocycles. The summed E-state index contributed by atoms with van der Waals surface area (Å²) in [7, 11) is 0. The third-order valence-corrected chi connectivity index (χ3v) is 4.58. The van der Waals surface area contributed by atoms with E-state index in [4.69, 9.17) is 0 Å². The zero-order chi connectivity index (χ0) is 13.0. The van der Waals surface area contributed by atoms with Crippen LogP contribution in [0.3, 0.4) is 0 Å². The van der Waals surface area contributed by atoms with Crippen LogP contribution in [-0.4, -0.2) is 36.2 Å². The van der Waals surface area contributed by atoms with Crippen LogP contribution in [0, 0.1) is 11.8 Å². The first-order valence-electron chi connectivity index (χ1n) is 7.26. The Morgan fingerprint density at radius 2 is 2.11 bits per heavy atom. The van der Waals surface area contributed by atoms with Crippen LogP contribution in [0.1, 0.15) is 45.4 Å². The van der Waals surface area contributed by atoms with Gasteiger partial charge in [-0.05, 0) is 57.0 Å². The van der Waals surface area contributed by atoms with Crippen molar-refractivity contribution in [3.05, 3.63) is 0 Å². The zero-order valence-corrected chi connectivity index (χ0v) is 11.4. The van der Waals surface area contributed by atoms with Crippen molar-refractivity contribution in [3.63, 3.8) is 0 Å². The van der Waals surface area contributed by atoms with E-state index in [2.05, 4.69) is 17.6 Å². The Labute approximate surface area is 110 Å². The third kappa shape index (κ3) is 3.45. The van der Waals surface area contributed by atoms with Crippen molar-refractivity contribution in [2.24, 2.45) is 11.8 Å². The van der Waals surface area contributed by atoms with Gasteiger partial charge in [-0.2, -0.15) is 0 Å². The highest BCUT2D eigenvalue weighted by molar-refractivity contribution is 5.77. The van der Waals surface area contributed by atoms with Crippen LogP contribution in [-0.2, 0) is 4.79 Å². The van der Waals surface area contributed by atoms with Gasteiger partial charge in [0, 0.05) is 6.42 Å². The molecular formula is C14H26N2O2. The van der Waals surface area contributed by atoms with Gasteiger partial charge in [-0.1, -0.05) is 6.92 Å². The summed E-state index contributed by atoms with van der Waals surface area (Å²) in [5.41, 5.74) is -0.338. The quantitative estimate of drug-likeness (QED) is 0.702. The van der Waals surface area contributed by atoms with E-state index < -0.39 is 0 Å². The van der Waals surface area contributed by atoms with Crippen LogP contribution >= 0.6 is 0 Å². The van der Waals surface area contributed by atoms with E-state index >= 15 is 0 Å². The lowest BCUT2D eigenvalue weighted by atomic mass is 9.77. The highest BCUT2D eigenvalue weighted by Crippen LogP contribution is 2.31. The largest absolute Gasteiger partial charge is 0.394 e. The zero-order valence-electron chi connectivity index (χ0n) is 11.4. The fraction of sp³-hybridized carbons (Fsp3) is 0.929. The summed E-state index contributed by atoms with van der Waals surface area (Å²) < 4.78 is 0. The van der Waals surface area contributed by atoms with Crippen LogP contribution in [0.2, 0.25) is 0 Å². The second kappa shape index (κ2) is 6.02. The fourth-order valence-corrected chi connectivity index (χ4v) is 3.14. The van der Waals surface area contributed by atoms with Gasteiger partial charge in [-0.25, -0.2) is 0 Å².